The molecule has 0 bridgehead atoms. The Labute approximate surface area is 96.2 Å². The zero-order valence-electron chi connectivity index (χ0n) is 7.52. The number of nitrogens with zero attached hydrogens (tertiary/aromatic N) is 1. The Bertz CT molecular complexity index is 371. The molecule has 0 fully saturated rings. The fraction of sp³-hybridized carbons (Fsp3) is 0.111. The van der Waals surface area contributed by atoms with Crippen molar-refractivity contribution in [3.63, 3.8) is 0 Å². The Kier molecular flexibility index (Phi) is 4.39. The number of ether oxygens (including phenoxy) is 1. The molecule has 0 radical (unpaired) electrons. The van der Waals surface area contributed by atoms with E-state index in [4.69, 9.17) is 27.9 Å². The Hall–Kier alpha value is -1.26. The molecule has 0 aliphatic rings. The number of rotatable bonds is 4. The molecular weight excluding hydrogens is 241 g/mol. The minimum absolute atomic E-state index is 0.0215. The van der Waals surface area contributed by atoms with E-state index in [0.29, 0.717) is 5.75 Å². The first-order chi connectivity index (χ1) is 7.09. The van der Waals surface area contributed by atoms with Crippen molar-refractivity contribution in [2.24, 2.45) is 0 Å². The Morgan fingerprint density at radius 3 is 2.47 bits per heavy atom. The van der Waals surface area contributed by atoms with Crippen LogP contribution in [0, 0.1) is 10.1 Å². The van der Waals surface area contributed by atoms with Crippen LogP contribution in [0.25, 0.3) is 0 Å². The zero-order valence-corrected chi connectivity index (χ0v) is 9.03. The van der Waals surface area contributed by atoms with Crippen LogP contribution >= 0.6 is 23.2 Å². The second-order valence-electron chi connectivity index (χ2n) is 2.56. The predicted octanol–water partition coefficient (Wildman–Crippen LogP) is 3.29. The zero-order chi connectivity index (χ0) is 11.3. The predicted molar refractivity (Wildman–Crippen MR) is 58.4 cm³/mol. The van der Waals surface area contributed by atoms with Crippen LogP contribution in [0.5, 0.6) is 5.75 Å². The third-order valence-corrected chi connectivity index (χ3v) is 1.84. The second-order valence-corrected chi connectivity index (χ2v) is 3.56. The topological polar surface area (TPSA) is 52.4 Å². The maximum atomic E-state index is 10.3. The number of non-ortho nitro benzene ring substituents is 1. The van der Waals surface area contributed by atoms with Gasteiger partial charge in [-0.1, -0.05) is 23.2 Å². The molecule has 0 atom stereocenters. The van der Waals surface area contributed by atoms with Crippen molar-refractivity contribution in [2.45, 2.75) is 0 Å². The number of nitro benzene ring substituents is 1. The molecule has 0 spiro atoms. The van der Waals surface area contributed by atoms with Crippen molar-refractivity contribution in [1.29, 1.82) is 0 Å². The first kappa shape index (κ1) is 11.8. The molecule has 0 saturated heterocycles. The third kappa shape index (κ3) is 4.18. The minimum Gasteiger partial charge on any atom is -0.489 e. The summed E-state index contributed by atoms with van der Waals surface area (Å²) in [5.74, 6) is 0.520. The number of hydrogen-bond donors (Lipinski definition) is 0. The van der Waals surface area contributed by atoms with Crippen LogP contribution < -0.4 is 4.74 Å². The summed E-state index contributed by atoms with van der Waals surface area (Å²) in [4.78, 5) is 9.86. The summed E-state index contributed by atoms with van der Waals surface area (Å²) in [5.41, 5.74) is 0.0215. The highest BCUT2D eigenvalue weighted by atomic mass is 35.5. The van der Waals surface area contributed by atoms with E-state index in [1.165, 1.54) is 30.3 Å². The minimum atomic E-state index is -0.473. The number of nitro groups is 1. The third-order valence-electron chi connectivity index (χ3n) is 1.54. The number of hydrogen-bond acceptors (Lipinski definition) is 3. The normalized spacial score (nSPS) is 9.47. The molecule has 0 unspecified atom stereocenters. The number of halogens is 2. The molecule has 0 amide bonds. The lowest BCUT2D eigenvalue weighted by atomic mass is 10.3. The molecule has 1 aromatic carbocycles. The van der Waals surface area contributed by atoms with Gasteiger partial charge in [0.2, 0.25) is 0 Å². The summed E-state index contributed by atoms with van der Waals surface area (Å²) in [6.07, 6.45) is 1.48. The SMILES string of the molecule is O=[N+]([O-])c1ccc(OCC=C(Cl)Cl)cc1. The highest BCUT2D eigenvalue weighted by Crippen LogP contribution is 2.17. The molecule has 80 valence electrons. The molecule has 6 heteroatoms. The van der Waals surface area contributed by atoms with Crippen LogP contribution in [-0.2, 0) is 0 Å². The van der Waals surface area contributed by atoms with Crippen molar-refractivity contribution < 1.29 is 9.66 Å². The highest BCUT2D eigenvalue weighted by molar-refractivity contribution is 6.55. The van der Waals surface area contributed by atoms with Gasteiger partial charge in [0, 0.05) is 12.1 Å². The van der Waals surface area contributed by atoms with E-state index >= 15 is 0 Å². The smallest absolute Gasteiger partial charge is 0.269 e. The molecule has 1 aromatic rings. The summed E-state index contributed by atoms with van der Waals surface area (Å²) in [7, 11) is 0. The van der Waals surface area contributed by atoms with E-state index in [1.807, 2.05) is 0 Å². The van der Waals surface area contributed by atoms with Crippen molar-refractivity contribution >= 4 is 28.9 Å². The summed E-state index contributed by atoms with van der Waals surface area (Å²) in [6.45, 7) is 0.222. The molecule has 0 aliphatic carbocycles. The second kappa shape index (κ2) is 5.58. The fourth-order valence-electron chi connectivity index (χ4n) is 0.865. The lowest BCUT2D eigenvalue weighted by Gasteiger charge is -2.01. The quantitative estimate of drug-likeness (QED) is 0.606. The van der Waals surface area contributed by atoms with Gasteiger partial charge in [-0.05, 0) is 18.2 Å². The van der Waals surface area contributed by atoms with Gasteiger partial charge in [0.1, 0.15) is 16.8 Å². The monoisotopic (exact) mass is 247 g/mol. The van der Waals surface area contributed by atoms with Crippen LogP contribution in [-0.4, -0.2) is 11.5 Å². The molecular formula is C9H7Cl2NO3. The molecule has 0 heterocycles. The molecule has 15 heavy (non-hydrogen) atoms. The van der Waals surface area contributed by atoms with Gasteiger partial charge < -0.3 is 4.74 Å². The molecule has 0 N–H and O–H groups in total. The Morgan fingerprint density at radius 1 is 1.40 bits per heavy atom. The van der Waals surface area contributed by atoms with E-state index in [2.05, 4.69) is 0 Å². The van der Waals surface area contributed by atoms with Crippen molar-refractivity contribution in [2.75, 3.05) is 6.61 Å². The number of benzene rings is 1. The van der Waals surface area contributed by atoms with E-state index in [-0.39, 0.29) is 16.8 Å². The molecule has 0 aromatic heterocycles. The van der Waals surface area contributed by atoms with Crippen molar-refractivity contribution in [3.8, 4) is 5.75 Å². The van der Waals surface area contributed by atoms with Crippen LogP contribution in [0.3, 0.4) is 0 Å². The maximum absolute atomic E-state index is 10.3. The van der Waals surface area contributed by atoms with Crippen LogP contribution in [0.15, 0.2) is 34.8 Å². The molecule has 0 aliphatic heterocycles. The summed E-state index contributed by atoms with van der Waals surface area (Å²) in [6, 6.07) is 5.74. The van der Waals surface area contributed by atoms with Gasteiger partial charge in [-0.15, -0.1) is 0 Å². The van der Waals surface area contributed by atoms with E-state index < -0.39 is 4.92 Å². The first-order valence-corrected chi connectivity index (χ1v) is 4.73. The van der Waals surface area contributed by atoms with E-state index in [1.54, 1.807) is 0 Å². The fourth-order valence-corrected chi connectivity index (χ4v) is 0.991. The van der Waals surface area contributed by atoms with Gasteiger partial charge in [-0.3, -0.25) is 10.1 Å². The van der Waals surface area contributed by atoms with Gasteiger partial charge in [-0.25, -0.2) is 0 Å². The van der Waals surface area contributed by atoms with Gasteiger partial charge in [-0.2, -0.15) is 0 Å². The van der Waals surface area contributed by atoms with Gasteiger partial charge in [0.05, 0.1) is 4.92 Å². The van der Waals surface area contributed by atoms with Gasteiger partial charge in [0.25, 0.3) is 5.69 Å². The van der Waals surface area contributed by atoms with Crippen molar-refractivity contribution in [1.82, 2.24) is 0 Å². The first-order valence-electron chi connectivity index (χ1n) is 3.98. The lowest BCUT2D eigenvalue weighted by Crippen LogP contribution is -1.94. The van der Waals surface area contributed by atoms with E-state index in [9.17, 15) is 10.1 Å². The van der Waals surface area contributed by atoms with Gasteiger partial charge >= 0.3 is 0 Å². The summed E-state index contributed by atoms with van der Waals surface area (Å²) in [5, 5.41) is 10.3. The standard InChI is InChI=1S/C9H7Cl2NO3/c10-9(11)5-6-15-8-3-1-7(2-4-8)12(13)14/h1-5H,6H2. The Balaban J connectivity index is 2.57. The largest absolute Gasteiger partial charge is 0.489 e. The molecule has 4 nitrogen and oxygen atoms in total. The highest BCUT2D eigenvalue weighted by Gasteiger charge is 2.03. The van der Waals surface area contributed by atoms with E-state index in [0.717, 1.165) is 0 Å². The molecule has 1 rings (SSSR count). The molecule has 0 saturated carbocycles. The Morgan fingerprint density at radius 2 is 2.00 bits per heavy atom. The average Bonchev–Trinajstić information content (AvgIpc) is 2.18. The van der Waals surface area contributed by atoms with Crippen molar-refractivity contribution in [3.05, 3.63) is 44.9 Å². The van der Waals surface area contributed by atoms with Crippen LogP contribution in [0.1, 0.15) is 0 Å². The summed E-state index contributed by atoms with van der Waals surface area (Å²) < 4.78 is 5.31. The van der Waals surface area contributed by atoms with Crippen LogP contribution in [0.4, 0.5) is 5.69 Å². The summed E-state index contributed by atoms with van der Waals surface area (Å²) >= 11 is 10.7. The van der Waals surface area contributed by atoms with Gasteiger partial charge in [0.15, 0.2) is 0 Å². The average molecular weight is 248 g/mol. The lowest BCUT2D eigenvalue weighted by molar-refractivity contribution is -0.384. The van der Waals surface area contributed by atoms with Crippen LogP contribution in [0.2, 0.25) is 0 Å². The maximum Gasteiger partial charge on any atom is 0.269 e.